The monoisotopic (exact) mass is 267 g/mol. The number of aliphatic hydroxyl groups is 1. The minimum atomic E-state index is -0.570. The van der Waals surface area contributed by atoms with Crippen LogP contribution in [0.4, 0.5) is 5.82 Å². The van der Waals surface area contributed by atoms with Crippen LogP contribution in [0.2, 0.25) is 0 Å². The molecule has 0 aliphatic carbocycles. The Bertz CT molecular complexity index is 406. The maximum atomic E-state index is 11.7. The molecule has 0 aliphatic heterocycles. The molecule has 1 heterocycles. The van der Waals surface area contributed by atoms with E-state index in [-0.39, 0.29) is 12.5 Å². The molecule has 0 aromatic carbocycles. The summed E-state index contributed by atoms with van der Waals surface area (Å²) in [5.74, 6) is 0.617. The molecule has 0 bridgehead atoms. The summed E-state index contributed by atoms with van der Waals surface area (Å²) in [6.07, 6.45) is 0.969. The van der Waals surface area contributed by atoms with E-state index in [4.69, 9.17) is 4.74 Å². The van der Waals surface area contributed by atoms with Crippen molar-refractivity contribution in [1.82, 2.24) is 9.88 Å². The third-order valence-electron chi connectivity index (χ3n) is 2.64. The van der Waals surface area contributed by atoms with Crippen LogP contribution in [0, 0.1) is 0 Å². The Morgan fingerprint density at radius 2 is 2.11 bits per heavy atom. The summed E-state index contributed by atoms with van der Waals surface area (Å²) in [5, 5.41) is 9.64. The van der Waals surface area contributed by atoms with Crippen LogP contribution in [0.3, 0.4) is 0 Å². The van der Waals surface area contributed by atoms with E-state index in [1.807, 2.05) is 11.9 Å². The van der Waals surface area contributed by atoms with E-state index >= 15 is 0 Å². The Labute approximate surface area is 113 Å². The molecule has 0 aliphatic rings. The number of aliphatic hydroxyl groups excluding tert-OH is 1. The highest BCUT2D eigenvalue weighted by molar-refractivity contribution is 5.93. The first-order chi connectivity index (χ1) is 8.95. The van der Waals surface area contributed by atoms with Gasteiger partial charge in [0.2, 0.25) is 0 Å². The number of hydrogen-bond acceptors (Lipinski definition) is 5. The average Bonchev–Trinajstić information content (AvgIpc) is 2.38. The minimum absolute atomic E-state index is 0.0823. The van der Waals surface area contributed by atoms with Gasteiger partial charge in [-0.15, -0.1) is 0 Å². The van der Waals surface area contributed by atoms with Gasteiger partial charge in [0.25, 0.3) is 5.91 Å². The lowest BCUT2D eigenvalue weighted by atomic mass is 10.2. The van der Waals surface area contributed by atoms with Crippen molar-refractivity contribution in [1.29, 1.82) is 0 Å². The highest BCUT2D eigenvalue weighted by atomic mass is 16.5. The van der Waals surface area contributed by atoms with E-state index in [0.717, 1.165) is 0 Å². The molecule has 19 heavy (non-hydrogen) atoms. The Kier molecular flexibility index (Phi) is 5.72. The lowest BCUT2D eigenvalue weighted by Crippen LogP contribution is -2.32. The second-order valence-electron chi connectivity index (χ2n) is 4.59. The van der Waals surface area contributed by atoms with Crippen molar-refractivity contribution in [3.05, 3.63) is 23.9 Å². The maximum Gasteiger partial charge on any atom is 0.254 e. The van der Waals surface area contributed by atoms with Crippen LogP contribution in [-0.4, -0.2) is 68.4 Å². The second kappa shape index (κ2) is 7.06. The molecule has 1 aromatic heterocycles. The predicted molar refractivity (Wildman–Crippen MR) is 73.4 cm³/mol. The van der Waals surface area contributed by atoms with Crippen molar-refractivity contribution in [2.75, 3.05) is 46.3 Å². The van der Waals surface area contributed by atoms with Crippen molar-refractivity contribution < 1.29 is 14.6 Å². The number of amides is 1. The lowest BCUT2D eigenvalue weighted by Gasteiger charge is -2.21. The number of methoxy groups -OCH3 is 1. The third kappa shape index (κ3) is 4.50. The Hall–Kier alpha value is -1.66. The van der Waals surface area contributed by atoms with Gasteiger partial charge >= 0.3 is 0 Å². The molecule has 0 saturated carbocycles. The summed E-state index contributed by atoms with van der Waals surface area (Å²) in [7, 11) is 6.77. The number of hydrogen-bond donors (Lipinski definition) is 1. The number of carbonyl (C=O) groups excluding carboxylic acids is 1. The van der Waals surface area contributed by atoms with E-state index in [2.05, 4.69) is 4.98 Å². The third-order valence-corrected chi connectivity index (χ3v) is 2.64. The van der Waals surface area contributed by atoms with Gasteiger partial charge in [-0.25, -0.2) is 4.98 Å². The molecule has 1 aromatic rings. The van der Waals surface area contributed by atoms with Gasteiger partial charge < -0.3 is 19.6 Å². The van der Waals surface area contributed by atoms with Gasteiger partial charge in [0, 0.05) is 41.0 Å². The van der Waals surface area contributed by atoms with Gasteiger partial charge in [0.05, 0.1) is 18.3 Å². The summed E-state index contributed by atoms with van der Waals surface area (Å²) in [6.45, 7) is 0.698. The van der Waals surface area contributed by atoms with Gasteiger partial charge in [-0.2, -0.15) is 0 Å². The standard InChI is InChI=1S/C13H21N3O3/c1-15(2)13(18)10-5-6-12(14-7-10)16(3)8-11(17)9-19-4/h5-7,11,17H,8-9H2,1-4H3. The Morgan fingerprint density at radius 3 is 2.58 bits per heavy atom. The number of nitrogens with zero attached hydrogens (tertiary/aromatic N) is 3. The fourth-order valence-corrected chi connectivity index (χ4v) is 1.65. The van der Waals surface area contributed by atoms with Crippen molar-refractivity contribution in [2.24, 2.45) is 0 Å². The fraction of sp³-hybridized carbons (Fsp3) is 0.538. The summed E-state index contributed by atoms with van der Waals surface area (Å²) in [5.41, 5.74) is 0.541. The summed E-state index contributed by atoms with van der Waals surface area (Å²) in [4.78, 5) is 19.2. The molecule has 1 atom stereocenters. The number of anilines is 1. The number of pyridine rings is 1. The topological polar surface area (TPSA) is 65.9 Å². The second-order valence-corrected chi connectivity index (χ2v) is 4.59. The van der Waals surface area contributed by atoms with Crippen molar-refractivity contribution in [3.63, 3.8) is 0 Å². The molecule has 0 spiro atoms. The number of aromatic nitrogens is 1. The first-order valence-corrected chi connectivity index (χ1v) is 6.01. The molecule has 6 heteroatoms. The van der Waals surface area contributed by atoms with E-state index in [1.165, 1.54) is 11.1 Å². The molecule has 6 nitrogen and oxygen atoms in total. The van der Waals surface area contributed by atoms with Crippen LogP contribution in [0.5, 0.6) is 0 Å². The molecule has 1 unspecified atom stereocenters. The summed E-state index contributed by atoms with van der Waals surface area (Å²) in [6, 6.07) is 3.49. The van der Waals surface area contributed by atoms with Crippen molar-refractivity contribution in [2.45, 2.75) is 6.10 Å². The van der Waals surface area contributed by atoms with E-state index in [1.54, 1.807) is 33.3 Å². The Balaban J connectivity index is 2.68. The van der Waals surface area contributed by atoms with Crippen LogP contribution in [-0.2, 0) is 4.74 Å². The summed E-state index contributed by atoms with van der Waals surface area (Å²) >= 11 is 0. The zero-order valence-corrected chi connectivity index (χ0v) is 11.8. The maximum absolute atomic E-state index is 11.7. The van der Waals surface area contributed by atoms with Crippen LogP contribution in [0.1, 0.15) is 10.4 Å². The summed E-state index contributed by atoms with van der Waals surface area (Å²) < 4.78 is 4.87. The average molecular weight is 267 g/mol. The zero-order chi connectivity index (χ0) is 14.4. The van der Waals surface area contributed by atoms with Crippen LogP contribution < -0.4 is 4.90 Å². The fourth-order valence-electron chi connectivity index (χ4n) is 1.65. The van der Waals surface area contributed by atoms with Crippen LogP contribution in [0.25, 0.3) is 0 Å². The number of carbonyl (C=O) groups is 1. The SMILES string of the molecule is COCC(O)CN(C)c1ccc(C(=O)N(C)C)cn1. The molecule has 1 amide bonds. The number of likely N-dealkylation sites (N-methyl/N-ethyl adjacent to an activating group) is 1. The van der Waals surface area contributed by atoms with Gasteiger partial charge in [0.1, 0.15) is 5.82 Å². The predicted octanol–water partition coefficient (Wildman–Crippen LogP) is 0.227. The largest absolute Gasteiger partial charge is 0.389 e. The highest BCUT2D eigenvalue weighted by Gasteiger charge is 2.12. The van der Waals surface area contributed by atoms with Crippen molar-refractivity contribution >= 4 is 11.7 Å². The van der Waals surface area contributed by atoms with Crippen molar-refractivity contribution in [3.8, 4) is 0 Å². The smallest absolute Gasteiger partial charge is 0.254 e. The molecular weight excluding hydrogens is 246 g/mol. The molecule has 0 saturated heterocycles. The first kappa shape index (κ1) is 15.4. The quantitative estimate of drug-likeness (QED) is 0.799. The molecule has 106 valence electrons. The molecule has 1 N–H and O–H groups in total. The highest BCUT2D eigenvalue weighted by Crippen LogP contribution is 2.11. The number of rotatable bonds is 6. The molecule has 0 radical (unpaired) electrons. The van der Waals surface area contributed by atoms with Gasteiger partial charge in [-0.05, 0) is 12.1 Å². The zero-order valence-electron chi connectivity index (χ0n) is 11.8. The molecule has 1 rings (SSSR count). The van der Waals surface area contributed by atoms with E-state index in [0.29, 0.717) is 17.9 Å². The van der Waals surface area contributed by atoms with E-state index in [9.17, 15) is 9.90 Å². The normalized spacial score (nSPS) is 12.1. The van der Waals surface area contributed by atoms with E-state index < -0.39 is 6.10 Å². The van der Waals surface area contributed by atoms with Gasteiger partial charge in [-0.3, -0.25) is 4.79 Å². The van der Waals surface area contributed by atoms with Crippen LogP contribution in [0.15, 0.2) is 18.3 Å². The molecular formula is C13H21N3O3. The first-order valence-electron chi connectivity index (χ1n) is 6.01. The van der Waals surface area contributed by atoms with Gasteiger partial charge in [-0.1, -0.05) is 0 Å². The van der Waals surface area contributed by atoms with Gasteiger partial charge in [0.15, 0.2) is 0 Å². The number of ether oxygens (including phenoxy) is 1. The minimum Gasteiger partial charge on any atom is -0.389 e. The molecule has 0 fully saturated rings. The van der Waals surface area contributed by atoms with Crippen LogP contribution >= 0.6 is 0 Å². The lowest BCUT2D eigenvalue weighted by molar-refractivity contribution is 0.0694. The Morgan fingerprint density at radius 1 is 1.42 bits per heavy atom.